The average Bonchev–Trinajstić information content (AvgIpc) is 3.34. The van der Waals surface area contributed by atoms with E-state index in [2.05, 4.69) is 5.32 Å². The predicted octanol–water partition coefficient (Wildman–Crippen LogP) is 4.17. The van der Waals surface area contributed by atoms with Crippen molar-refractivity contribution in [1.29, 1.82) is 0 Å². The van der Waals surface area contributed by atoms with Crippen LogP contribution in [0.15, 0.2) is 82.1 Å². The third-order valence-corrected chi connectivity index (χ3v) is 8.03. The number of piperidine rings is 1. The van der Waals surface area contributed by atoms with Gasteiger partial charge in [0.05, 0.1) is 10.8 Å². The third kappa shape index (κ3) is 6.00. The molecule has 8 heteroatoms. The van der Waals surface area contributed by atoms with Crippen molar-refractivity contribution in [2.45, 2.75) is 48.8 Å². The Morgan fingerprint density at radius 2 is 1.60 bits per heavy atom. The summed E-state index contributed by atoms with van der Waals surface area (Å²) in [6.07, 6.45) is 2.04. The minimum atomic E-state index is -3.56. The van der Waals surface area contributed by atoms with Gasteiger partial charge in [-0.25, -0.2) is 8.42 Å². The van der Waals surface area contributed by atoms with E-state index >= 15 is 0 Å². The molecule has 4 rings (SSSR count). The molecule has 0 saturated carbocycles. The molecule has 1 N–H and O–H groups in total. The number of amides is 2. The number of nitrogens with zero attached hydrogens (tertiary/aromatic N) is 1. The monoisotopic (exact) mass is 494 g/mol. The van der Waals surface area contributed by atoms with Gasteiger partial charge in [-0.15, -0.1) is 0 Å². The number of benzene rings is 2. The van der Waals surface area contributed by atoms with Crippen molar-refractivity contribution in [2.24, 2.45) is 0 Å². The van der Waals surface area contributed by atoms with Gasteiger partial charge >= 0.3 is 0 Å². The fourth-order valence-electron chi connectivity index (χ4n) is 4.44. The lowest BCUT2D eigenvalue weighted by molar-refractivity contribution is -0.134. The molecule has 2 amide bonds. The first-order valence-electron chi connectivity index (χ1n) is 11.9. The van der Waals surface area contributed by atoms with Gasteiger partial charge in [-0.1, -0.05) is 55.5 Å². The lowest BCUT2D eigenvalue weighted by atomic mass is 9.93. The van der Waals surface area contributed by atoms with Gasteiger partial charge in [-0.05, 0) is 49.1 Å². The Balaban J connectivity index is 1.30. The van der Waals surface area contributed by atoms with E-state index in [-0.39, 0.29) is 45.9 Å². The minimum absolute atomic E-state index is 0.0787. The van der Waals surface area contributed by atoms with E-state index in [1.54, 1.807) is 18.2 Å². The van der Waals surface area contributed by atoms with Gasteiger partial charge < -0.3 is 14.6 Å². The van der Waals surface area contributed by atoms with Crippen LogP contribution >= 0.6 is 0 Å². The highest BCUT2D eigenvalue weighted by Crippen LogP contribution is 2.24. The van der Waals surface area contributed by atoms with Crippen molar-refractivity contribution in [3.05, 3.63) is 89.9 Å². The number of sulfone groups is 1. The number of hydrogen-bond acceptors (Lipinski definition) is 5. The van der Waals surface area contributed by atoms with Crippen molar-refractivity contribution >= 4 is 21.7 Å². The molecule has 0 radical (unpaired) electrons. The van der Waals surface area contributed by atoms with Gasteiger partial charge in [0.1, 0.15) is 11.5 Å². The van der Waals surface area contributed by atoms with E-state index < -0.39 is 9.84 Å². The van der Waals surface area contributed by atoms with Gasteiger partial charge in [0.25, 0.3) is 5.91 Å². The molecule has 1 aliphatic rings. The van der Waals surface area contributed by atoms with Crippen molar-refractivity contribution in [3.8, 4) is 0 Å². The van der Waals surface area contributed by atoms with Crippen LogP contribution in [0.2, 0.25) is 0 Å². The van der Waals surface area contributed by atoms with Gasteiger partial charge in [-0.2, -0.15) is 0 Å². The van der Waals surface area contributed by atoms with Crippen LogP contribution in [0, 0.1) is 0 Å². The van der Waals surface area contributed by atoms with Crippen LogP contribution in [0.5, 0.6) is 0 Å². The highest BCUT2D eigenvalue weighted by Gasteiger charge is 2.29. The topological polar surface area (TPSA) is 96.7 Å². The van der Waals surface area contributed by atoms with Crippen LogP contribution in [0.4, 0.5) is 0 Å². The largest absolute Gasteiger partial charge is 0.455 e. The molecule has 2 aromatic carbocycles. The van der Waals surface area contributed by atoms with Gasteiger partial charge in [0, 0.05) is 19.1 Å². The van der Waals surface area contributed by atoms with Crippen LogP contribution in [-0.4, -0.2) is 44.3 Å². The first-order chi connectivity index (χ1) is 16.9. The molecule has 7 nitrogen and oxygen atoms in total. The summed E-state index contributed by atoms with van der Waals surface area (Å²) in [7, 11) is -3.56. The number of carbonyl (C=O) groups is 2. The van der Waals surface area contributed by atoms with Crippen LogP contribution in [0.25, 0.3) is 0 Å². The average molecular weight is 495 g/mol. The Hall–Kier alpha value is -3.39. The molecule has 2 heterocycles. The maximum Gasteiger partial charge on any atom is 0.287 e. The number of nitrogens with one attached hydrogen (secondary N) is 1. The molecule has 0 aliphatic carbocycles. The molecule has 1 aliphatic heterocycles. The molecule has 0 bridgehead atoms. The minimum Gasteiger partial charge on any atom is -0.455 e. The second-order valence-electron chi connectivity index (χ2n) is 8.78. The number of likely N-dealkylation sites (tertiary alicyclic amines) is 1. The summed E-state index contributed by atoms with van der Waals surface area (Å²) in [6, 6.07) is 20.9. The summed E-state index contributed by atoms with van der Waals surface area (Å²) >= 11 is 0. The first kappa shape index (κ1) is 24.7. The molecule has 1 atom stereocenters. The zero-order valence-electron chi connectivity index (χ0n) is 19.7. The van der Waals surface area contributed by atoms with Crippen molar-refractivity contribution < 1.29 is 22.4 Å². The summed E-state index contributed by atoms with van der Waals surface area (Å²) in [4.78, 5) is 27.8. The number of rotatable bonds is 8. The van der Waals surface area contributed by atoms with E-state index in [9.17, 15) is 18.0 Å². The SMILES string of the molecule is CCC(C(=O)N1CCC(NC(=O)c2ccc(CS(=O)(=O)c3ccccc3)o2)CC1)c1ccccc1. The zero-order valence-corrected chi connectivity index (χ0v) is 20.5. The van der Waals surface area contributed by atoms with E-state index in [0.717, 1.165) is 12.0 Å². The first-order valence-corrected chi connectivity index (χ1v) is 13.5. The smallest absolute Gasteiger partial charge is 0.287 e. The van der Waals surface area contributed by atoms with Gasteiger partial charge in [0.2, 0.25) is 5.91 Å². The second-order valence-corrected chi connectivity index (χ2v) is 10.8. The summed E-state index contributed by atoms with van der Waals surface area (Å²) < 4.78 is 30.6. The maximum atomic E-state index is 13.1. The van der Waals surface area contributed by atoms with Crippen LogP contribution < -0.4 is 5.32 Å². The Bertz CT molecular complexity index is 1250. The van der Waals surface area contributed by atoms with Crippen molar-refractivity contribution in [2.75, 3.05) is 13.1 Å². The van der Waals surface area contributed by atoms with Crippen LogP contribution in [-0.2, 0) is 20.4 Å². The summed E-state index contributed by atoms with van der Waals surface area (Å²) in [5, 5.41) is 2.96. The lowest BCUT2D eigenvalue weighted by Gasteiger charge is -2.34. The molecule has 184 valence electrons. The third-order valence-electron chi connectivity index (χ3n) is 6.37. The Morgan fingerprint density at radius 1 is 0.971 bits per heavy atom. The fraction of sp³-hybridized carbons (Fsp3) is 0.333. The molecule has 1 saturated heterocycles. The van der Waals surface area contributed by atoms with Gasteiger partial charge in [0.15, 0.2) is 15.6 Å². The molecule has 0 spiro atoms. The van der Waals surface area contributed by atoms with E-state index in [4.69, 9.17) is 4.42 Å². The standard InChI is InChI=1S/C27H30N2O5S/c1-2-24(20-9-5-3-6-10-20)27(31)29-17-15-21(16-18-29)28-26(30)25-14-13-22(34-25)19-35(32,33)23-11-7-4-8-12-23/h3-14,21,24H,2,15-19H2,1H3,(H,28,30). The lowest BCUT2D eigenvalue weighted by Crippen LogP contribution is -2.47. The molecule has 35 heavy (non-hydrogen) atoms. The normalized spacial score (nSPS) is 15.5. The summed E-state index contributed by atoms with van der Waals surface area (Å²) in [6.45, 7) is 3.17. The Morgan fingerprint density at radius 3 is 2.23 bits per heavy atom. The van der Waals surface area contributed by atoms with Crippen molar-refractivity contribution in [3.63, 3.8) is 0 Å². The molecule has 1 aromatic heterocycles. The molecule has 3 aromatic rings. The fourth-order valence-corrected chi connectivity index (χ4v) is 5.70. The molecular weight excluding hydrogens is 464 g/mol. The number of hydrogen-bond donors (Lipinski definition) is 1. The Kier molecular flexibility index (Phi) is 7.70. The molecular formula is C27H30N2O5S. The van der Waals surface area contributed by atoms with Crippen LogP contribution in [0.1, 0.15) is 54.0 Å². The summed E-state index contributed by atoms with van der Waals surface area (Å²) in [5.74, 6) is -0.434. The van der Waals surface area contributed by atoms with E-state index in [0.29, 0.717) is 25.9 Å². The summed E-state index contributed by atoms with van der Waals surface area (Å²) in [5.41, 5.74) is 1.03. The molecule has 1 fully saturated rings. The number of furan rings is 1. The number of carbonyl (C=O) groups excluding carboxylic acids is 2. The predicted molar refractivity (Wildman–Crippen MR) is 133 cm³/mol. The van der Waals surface area contributed by atoms with Crippen molar-refractivity contribution in [1.82, 2.24) is 10.2 Å². The zero-order chi connectivity index (χ0) is 24.8. The highest BCUT2D eigenvalue weighted by atomic mass is 32.2. The van der Waals surface area contributed by atoms with Crippen LogP contribution in [0.3, 0.4) is 0 Å². The second kappa shape index (κ2) is 10.9. The Labute approximate surface area is 206 Å². The quantitative estimate of drug-likeness (QED) is 0.507. The van der Waals surface area contributed by atoms with E-state index in [1.165, 1.54) is 24.3 Å². The highest BCUT2D eigenvalue weighted by molar-refractivity contribution is 7.90. The maximum absolute atomic E-state index is 13.1. The van der Waals surface area contributed by atoms with E-state index in [1.807, 2.05) is 42.2 Å². The van der Waals surface area contributed by atoms with Gasteiger partial charge in [-0.3, -0.25) is 9.59 Å². The molecule has 1 unspecified atom stereocenters.